The molecule has 78 valence electrons. The van der Waals surface area contributed by atoms with Crippen molar-refractivity contribution in [2.75, 3.05) is 6.61 Å². The van der Waals surface area contributed by atoms with Crippen molar-refractivity contribution in [1.82, 2.24) is 4.90 Å². The van der Waals surface area contributed by atoms with Crippen molar-refractivity contribution in [3.63, 3.8) is 0 Å². The van der Waals surface area contributed by atoms with E-state index in [1.807, 2.05) is 0 Å². The normalized spacial score (nSPS) is 37.1. The summed E-state index contributed by atoms with van der Waals surface area (Å²) < 4.78 is 5.22. The van der Waals surface area contributed by atoms with Gasteiger partial charge in [-0.25, -0.2) is 4.79 Å². The number of nitrogens with zero attached hydrogens (tertiary/aromatic N) is 1. The van der Waals surface area contributed by atoms with Crippen molar-refractivity contribution < 1.29 is 19.4 Å². The fraction of sp³-hybridized carbons (Fsp3) is 0.750. The van der Waals surface area contributed by atoms with E-state index in [4.69, 9.17) is 15.6 Å². The van der Waals surface area contributed by atoms with Gasteiger partial charge in [0.25, 0.3) is 0 Å². The SMILES string of the molecule is N[C@H]1CC[C@@H]2OC[C@@H](C(=O)O)N2C1=O. The maximum Gasteiger partial charge on any atom is 0.328 e. The summed E-state index contributed by atoms with van der Waals surface area (Å²) in [6.07, 6.45) is 0.798. The van der Waals surface area contributed by atoms with E-state index in [9.17, 15) is 9.59 Å². The van der Waals surface area contributed by atoms with E-state index in [-0.39, 0.29) is 18.7 Å². The van der Waals surface area contributed by atoms with Crippen LogP contribution in [0.2, 0.25) is 0 Å². The van der Waals surface area contributed by atoms with Crippen molar-refractivity contribution in [3.8, 4) is 0 Å². The molecule has 3 N–H and O–H groups in total. The van der Waals surface area contributed by atoms with Crippen LogP contribution in [0.3, 0.4) is 0 Å². The zero-order valence-electron chi connectivity index (χ0n) is 7.55. The molecule has 2 rings (SSSR count). The third-order valence-electron chi connectivity index (χ3n) is 2.67. The summed E-state index contributed by atoms with van der Waals surface area (Å²) in [5, 5.41) is 8.84. The first kappa shape index (κ1) is 9.42. The topological polar surface area (TPSA) is 92.9 Å². The van der Waals surface area contributed by atoms with Gasteiger partial charge in [0.1, 0.15) is 6.23 Å². The van der Waals surface area contributed by atoms with E-state index in [2.05, 4.69) is 0 Å². The third-order valence-corrected chi connectivity index (χ3v) is 2.67. The molecule has 0 bridgehead atoms. The number of fused-ring (bicyclic) bond motifs is 1. The highest BCUT2D eigenvalue weighted by Gasteiger charge is 2.46. The largest absolute Gasteiger partial charge is 0.480 e. The fourth-order valence-electron chi connectivity index (χ4n) is 1.91. The van der Waals surface area contributed by atoms with Crippen LogP contribution in [-0.4, -0.2) is 46.8 Å². The molecular formula is C8H12N2O4. The predicted molar refractivity (Wildman–Crippen MR) is 45.2 cm³/mol. The molecule has 1 amide bonds. The number of hydrogen-bond acceptors (Lipinski definition) is 4. The van der Waals surface area contributed by atoms with Crippen molar-refractivity contribution in [2.45, 2.75) is 31.2 Å². The Bertz CT molecular complexity index is 281. The second-order valence-corrected chi connectivity index (χ2v) is 3.57. The van der Waals surface area contributed by atoms with Gasteiger partial charge in [0.05, 0.1) is 12.6 Å². The minimum Gasteiger partial charge on any atom is -0.480 e. The zero-order chi connectivity index (χ0) is 10.3. The van der Waals surface area contributed by atoms with Gasteiger partial charge in [0, 0.05) is 0 Å². The van der Waals surface area contributed by atoms with Gasteiger partial charge >= 0.3 is 5.97 Å². The van der Waals surface area contributed by atoms with E-state index in [0.29, 0.717) is 12.8 Å². The van der Waals surface area contributed by atoms with E-state index < -0.39 is 18.1 Å². The number of ether oxygens (including phenoxy) is 1. The van der Waals surface area contributed by atoms with Crippen LogP contribution in [0.15, 0.2) is 0 Å². The lowest BCUT2D eigenvalue weighted by Gasteiger charge is -2.33. The molecule has 0 aromatic carbocycles. The fourth-order valence-corrected chi connectivity index (χ4v) is 1.91. The van der Waals surface area contributed by atoms with Gasteiger partial charge in [-0.1, -0.05) is 0 Å². The van der Waals surface area contributed by atoms with Gasteiger partial charge in [0.15, 0.2) is 6.04 Å². The second-order valence-electron chi connectivity index (χ2n) is 3.57. The van der Waals surface area contributed by atoms with Gasteiger partial charge in [-0.3, -0.25) is 9.69 Å². The Hall–Kier alpha value is -1.14. The van der Waals surface area contributed by atoms with Crippen molar-refractivity contribution in [1.29, 1.82) is 0 Å². The lowest BCUT2D eigenvalue weighted by molar-refractivity contribution is -0.153. The summed E-state index contributed by atoms with van der Waals surface area (Å²) in [6, 6.07) is -1.44. The highest BCUT2D eigenvalue weighted by molar-refractivity contribution is 5.88. The first-order chi connectivity index (χ1) is 6.61. The van der Waals surface area contributed by atoms with Gasteiger partial charge in [-0.15, -0.1) is 0 Å². The summed E-state index contributed by atoms with van der Waals surface area (Å²) in [5.74, 6) is -1.35. The molecule has 6 heteroatoms. The van der Waals surface area contributed by atoms with Crippen LogP contribution in [0.5, 0.6) is 0 Å². The number of rotatable bonds is 1. The number of aliphatic carboxylic acids is 1. The molecule has 14 heavy (non-hydrogen) atoms. The Kier molecular flexibility index (Phi) is 2.16. The van der Waals surface area contributed by atoms with Crippen LogP contribution in [0, 0.1) is 0 Å². The van der Waals surface area contributed by atoms with Gasteiger partial charge < -0.3 is 15.6 Å². The van der Waals surface area contributed by atoms with Gasteiger partial charge in [-0.05, 0) is 12.8 Å². The third kappa shape index (κ3) is 1.27. The Morgan fingerprint density at radius 3 is 2.93 bits per heavy atom. The average molecular weight is 200 g/mol. The minimum atomic E-state index is -1.03. The Morgan fingerprint density at radius 1 is 1.57 bits per heavy atom. The van der Waals surface area contributed by atoms with Crippen LogP contribution < -0.4 is 5.73 Å². The number of hydrogen-bond donors (Lipinski definition) is 2. The molecule has 0 aliphatic carbocycles. The van der Waals surface area contributed by atoms with E-state index in [1.54, 1.807) is 0 Å². The zero-order valence-corrected chi connectivity index (χ0v) is 7.55. The van der Waals surface area contributed by atoms with Crippen LogP contribution >= 0.6 is 0 Å². The minimum absolute atomic E-state index is 0.0679. The summed E-state index contributed by atoms with van der Waals surface area (Å²) >= 11 is 0. The first-order valence-corrected chi connectivity index (χ1v) is 4.53. The number of carbonyl (C=O) groups excluding carboxylic acids is 1. The molecule has 0 aromatic rings. The molecule has 2 heterocycles. The number of nitrogens with two attached hydrogens (primary N) is 1. The quantitative estimate of drug-likeness (QED) is 0.551. The van der Waals surface area contributed by atoms with Gasteiger partial charge in [0.2, 0.25) is 5.91 Å². The summed E-state index contributed by atoms with van der Waals surface area (Å²) in [7, 11) is 0. The van der Waals surface area contributed by atoms with Crippen LogP contribution in [0.1, 0.15) is 12.8 Å². The molecular weight excluding hydrogens is 188 g/mol. The number of carbonyl (C=O) groups is 2. The Labute approximate surface area is 80.6 Å². The molecule has 6 nitrogen and oxygen atoms in total. The molecule has 0 spiro atoms. The molecule has 0 saturated carbocycles. The molecule has 2 saturated heterocycles. The Morgan fingerprint density at radius 2 is 2.29 bits per heavy atom. The number of carboxylic acids is 1. The lowest BCUT2D eigenvalue weighted by Crippen LogP contribution is -2.55. The molecule has 2 aliphatic heterocycles. The highest BCUT2D eigenvalue weighted by atomic mass is 16.5. The van der Waals surface area contributed by atoms with Crippen LogP contribution in [0.4, 0.5) is 0 Å². The van der Waals surface area contributed by atoms with Crippen LogP contribution in [0.25, 0.3) is 0 Å². The summed E-state index contributed by atoms with van der Waals surface area (Å²) in [4.78, 5) is 23.6. The summed E-state index contributed by atoms with van der Waals surface area (Å²) in [5.41, 5.74) is 5.56. The van der Waals surface area contributed by atoms with Crippen LogP contribution in [-0.2, 0) is 14.3 Å². The average Bonchev–Trinajstić information content (AvgIpc) is 2.55. The molecule has 0 aromatic heterocycles. The monoisotopic (exact) mass is 200 g/mol. The van der Waals surface area contributed by atoms with Crippen molar-refractivity contribution >= 4 is 11.9 Å². The molecule has 3 atom stereocenters. The lowest BCUT2D eigenvalue weighted by atomic mass is 10.0. The van der Waals surface area contributed by atoms with E-state index in [0.717, 1.165) is 0 Å². The number of piperidine rings is 1. The first-order valence-electron chi connectivity index (χ1n) is 4.53. The molecule has 0 unspecified atom stereocenters. The van der Waals surface area contributed by atoms with Crippen molar-refractivity contribution in [2.24, 2.45) is 5.73 Å². The van der Waals surface area contributed by atoms with Gasteiger partial charge in [-0.2, -0.15) is 0 Å². The number of amides is 1. The Balaban J connectivity index is 2.20. The van der Waals surface area contributed by atoms with E-state index >= 15 is 0 Å². The second kappa shape index (κ2) is 3.21. The molecule has 0 radical (unpaired) electrons. The molecule has 2 aliphatic rings. The maximum atomic E-state index is 11.6. The van der Waals surface area contributed by atoms with Crippen molar-refractivity contribution in [3.05, 3.63) is 0 Å². The maximum absolute atomic E-state index is 11.6. The number of carboxylic acid groups (broad SMARTS) is 1. The summed E-state index contributed by atoms with van der Waals surface area (Å²) in [6.45, 7) is 0.0679. The standard InChI is InChI=1S/C8H12N2O4/c9-4-1-2-6-10(7(4)11)5(3-14-6)8(12)13/h4-6H,1-3,9H2,(H,12,13)/t4-,5-,6-/m0/s1. The van der Waals surface area contributed by atoms with E-state index in [1.165, 1.54) is 4.90 Å². The highest BCUT2D eigenvalue weighted by Crippen LogP contribution is 2.26. The molecule has 2 fully saturated rings. The smallest absolute Gasteiger partial charge is 0.328 e. The predicted octanol–water partition coefficient (Wildman–Crippen LogP) is -1.25.